The number of nitrogens with two attached hydrogens (primary N) is 1. The fourth-order valence-corrected chi connectivity index (χ4v) is 3.78. The van der Waals surface area contributed by atoms with E-state index in [1.807, 2.05) is 18.2 Å². The van der Waals surface area contributed by atoms with Crippen LogP contribution in [-0.4, -0.2) is 55.8 Å². The molecule has 0 atom stereocenters. The summed E-state index contributed by atoms with van der Waals surface area (Å²) in [5.41, 5.74) is 9.23. The molecule has 0 spiro atoms. The van der Waals surface area contributed by atoms with Gasteiger partial charge < -0.3 is 30.3 Å². The molecule has 3 N–H and O–H groups in total. The first-order valence-corrected chi connectivity index (χ1v) is 10.9. The number of methoxy groups -OCH3 is 1. The average Bonchev–Trinajstić information content (AvgIpc) is 2.86. The van der Waals surface area contributed by atoms with Gasteiger partial charge in [0.2, 0.25) is 0 Å². The summed E-state index contributed by atoms with van der Waals surface area (Å²) >= 11 is 0. The van der Waals surface area contributed by atoms with Crippen molar-refractivity contribution in [3.05, 3.63) is 60.4 Å². The van der Waals surface area contributed by atoms with Gasteiger partial charge in [-0.15, -0.1) is 0 Å². The van der Waals surface area contributed by atoms with Crippen molar-refractivity contribution < 1.29 is 14.3 Å². The second kappa shape index (κ2) is 10.1. The molecular weight excluding hydrogens is 420 g/mol. The molecule has 0 amide bonds. The van der Waals surface area contributed by atoms with Gasteiger partial charge in [-0.25, -0.2) is 14.8 Å². The first-order valence-electron chi connectivity index (χ1n) is 10.9. The van der Waals surface area contributed by atoms with Gasteiger partial charge in [-0.05, 0) is 49.4 Å². The smallest absolute Gasteiger partial charge is 0.338 e. The van der Waals surface area contributed by atoms with E-state index in [2.05, 4.69) is 37.2 Å². The van der Waals surface area contributed by atoms with Crippen molar-refractivity contribution in [3.63, 3.8) is 0 Å². The van der Waals surface area contributed by atoms with E-state index in [1.165, 1.54) is 6.33 Å². The number of benzene rings is 2. The zero-order valence-electron chi connectivity index (χ0n) is 18.8. The zero-order chi connectivity index (χ0) is 23.2. The highest BCUT2D eigenvalue weighted by Gasteiger charge is 2.22. The summed E-state index contributed by atoms with van der Waals surface area (Å²) in [5.74, 6) is 1.67. The van der Waals surface area contributed by atoms with Gasteiger partial charge >= 0.3 is 5.97 Å². The van der Waals surface area contributed by atoms with Crippen LogP contribution >= 0.6 is 0 Å². The lowest BCUT2D eigenvalue weighted by molar-refractivity contribution is 0.0526. The molecule has 3 aromatic rings. The van der Waals surface area contributed by atoms with Crippen molar-refractivity contribution in [2.75, 3.05) is 60.7 Å². The molecule has 172 valence electrons. The zero-order valence-corrected chi connectivity index (χ0v) is 18.8. The Morgan fingerprint density at radius 1 is 1.06 bits per heavy atom. The highest BCUT2D eigenvalue weighted by molar-refractivity contribution is 5.91. The van der Waals surface area contributed by atoms with Crippen molar-refractivity contribution in [2.24, 2.45) is 0 Å². The maximum Gasteiger partial charge on any atom is 0.338 e. The number of hydrogen-bond acceptors (Lipinski definition) is 9. The Labute approximate surface area is 193 Å². The minimum atomic E-state index is -0.368. The molecule has 1 aromatic heterocycles. The molecule has 4 rings (SSSR count). The maximum absolute atomic E-state index is 12.0. The first kappa shape index (κ1) is 22.2. The van der Waals surface area contributed by atoms with Gasteiger partial charge in [-0.1, -0.05) is 6.07 Å². The van der Waals surface area contributed by atoms with E-state index in [9.17, 15) is 4.79 Å². The molecule has 33 heavy (non-hydrogen) atoms. The molecule has 1 fully saturated rings. The van der Waals surface area contributed by atoms with Crippen molar-refractivity contribution in [1.82, 2.24) is 9.97 Å². The standard InChI is InChI=1S/C24H28N6O3/c1-3-33-24(31)17-5-4-6-18(15-17)28-22-21(25)23(27-16-26-22)30-13-11-29(12-14-30)19-7-9-20(32-2)10-8-19/h4-10,15-16H,3,11-14,25H2,1-2H3,(H,26,27,28). The van der Waals surface area contributed by atoms with Gasteiger partial charge in [-0.2, -0.15) is 0 Å². The van der Waals surface area contributed by atoms with Crippen LogP contribution in [0.4, 0.5) is 28.7 Å². The first-order chi connectivity index (χ1) is 16.1. The minimum Gasteiger partial charge on any atom is -0.497 e. The van der Waals surface area contributed by atoms with E-state index < -0.39 is 0 Å². The summed E-state index contributed by atoms with van der Waals surface area (Å²) in [5, 5.41) is 3.20. The topological polar surface area (TPSA) is 106 Å². The number of nitrogen functional groups attached to an aromatic ring is 1. The fourth-order valence-electron chi connectivity index (χ4n) is 3.78. The van der Waals surface area contributed by atoms with Gasteiger partial charge in [-0.3, -0.25) is 0 Å². The van der Waals surface area contributed by atoms with Crippen LogP contribution in [-0.2, 0) is 4.74 Å². The Hall–Kier alpha value is -4.01. The predicted octanol–water partition coefficient (Wildman–Crippen LogP) is 3.31. The average molecular weight is 449 g/mol. The largest absolute Gasteiger partial charge is 0.497 e. The lowest BCUT2D eigenvalue weighted by atomic mass is 10.2. The SMILES string of the molecule is CCOC(=O)c1cccc(Nc2ncnc(N3CCN(c4ccc(OC)cc4)CC3)c2N)c1. The number of esters is 1. The number of nitrogens with one attached hydrogen (secondary N) is 1. The van der Waals surface area contributed by atoms with E-state index >= 15 is 0 Å². The van der Waals surface area contributed by atoms with E-state index in [-0.39, 0.29) is 5.97 Å². The third-order valence-corrected chi connectivity index (χ3v) is 5.52. The Kier molecular flexibility index (Phi) is 6.77. The van der Waals surface area contributed by atoms with Gasteiger partial charge in [0.25, 0.3) is 0 Å². The van der Waals surface area contributed by atoms with E-state index in [0.29, 0.717) is 35.2 Å². The monoisotopic (exact) mass is 448 g/mol. The van der Waals surface area contributed by atoms with Gasteiger partial charge in [0.15, 0.2) is 11.6 Å². The van der Waals surface area contributed by atoms with Crippen molar-refractivity contribution in [2.45, 2.75) is 6.92 Å². The fraction of sp³-hybridized carbons (Fsp3) is 0.292. The number of aromatic nitrogens is 2. The number of carbonyl (C=O) groups excluding carboxylic acids is 1. The van der Waals surface area contributed by atoms with Crippen LogP contribution in [0.3, 0.4) is 0 Å². The number of nitrogens with zero attached hydrogens (tertiary/aromatic N) is 4. The van der Waals surface area contributed by atoms with Crippen LogP contribution < -0.4 is 25.6 Å². The lowest BCUT2D eigenvalue weighted by Crippen LogP contribution is -2.47. The molecule has 1 saturated heterocycles. The Morgan fingerprint density at radius 3 is 2.48 bits per heavy atom. The lowest BCUT2D eigenvalue weighted by Gasteiger charge is -2.37. The Morgan fingerprint density at radius 2 is 1.79 bits per heavy atom. The number of ether oxygens (including phenoxy) is 2. The molecule has 0 saturated carbocycles. The predicted molar refractivity (Wildman–Crippen MR) is 130 cm³/mol. The van der Waals surface area contributed by atoms with Crippen LogP contribution in [0.1, 0.15) is 17.3 Å². The summed E-state index contributed by atoms with van der Waals surface area (Å²) in [6, 6.07) is 15.1. The highest BCUT2D eigenvalue weighted by atomic mass is 16.5. The summed E-state index contributed by atoms with van der Waals surface area (Å²) in [4.78, 5) is 25.3. The van der Waals surface area contributed by atoms with Crippen molar-refractivity contribution in [3.8, 4) is 5.75 Å². The van der Waals surface area contributed by atoms with E-state index in [4.69, 9.17) is 15.2 Å². The van der Waals surface area contributed by atoms with Gasteiger partial charge in [0.05, 0.1) is 19.3 Å². The van der Waals surface area contributed by atoms with Crippen LogP contribution in [0, 0.1) is 0 Å². The molecule has 1 aliphatic rings. The van der Waals surface area contributed by atoms with E-state index in [1.54, 1.807) is 32.2 Å². The second-order valence-electron chi connectivity index (χ2n) is 7.56. The molecule has 0 aliphatic carbocycles. The third-order valence-electron chi connectivity index (χ3n) is 5.52. The summed E-state index contributed by atoms with van der Waals surface area (Å²) in [6.07, 6.45) is 1.50. The molecule has 2 aromatic carbocycles. The quantitative estimate of drug-likeness (QED) is 0.527. The molecular formula is C24H28N6O3. The summed E-state index contributed by atoms with van der Waals surface area (Å²) < 4.78 is 10.3. The highest BCUT2D eigenvalue weighted by Crippen LogP contribution is 2.30. The normalized spacial score (nSPS) is 13.5. The second-order valence-corrected chi connectivity index (χ2v) is 7.56. The van der Waals surface area contributed by atoms with Crippen molar-refractivity contribution >= 4 is 34.7 Å². The number of carbonyl (C=O) groups is 1. The number of rotatable bonds is 7. The molecule has 0 unspecified atom stereocenters. The molecule has 1 aliphatic heterocycles. The molecule has 2 heterocycles. The number of anilines is 5. The Balaban J connectivity index is 1.44. The van der Waals surface area contributed by atoms with Gasteiger partial charge in [0.1, 0.15) is 17.8 Å². The molecule has 9 heteroatoms. The summed E-state index contributed by atoms with van der Waals surface area (Å²) in [7, 11) is 1.67. The maximum atomic E-state index is 12.0. The molecule has 9 nitrogen and oxygen atoms in total. The van der Waals surface area contributed by atoms with E-state index in [0.717, 1.165) is 37.6 Å². The Bertz CT molecular complexity index is 1100. The van der Waals surface area contributed by atoms with Crippen LogP contribution in [0.2, 0.25) is 0 Å². The molecule has 0 bridgehead atoms. The van der Waals surface area contributed by atoms with Crippen LogP contribution in [0.25, 0.3) is 0 Å². The van der Waals surface area contributed by atoms with Crippen molar-refractivity contribution in [1.29, 1.82) is 0 Å². The number of hydrogen-bond donors (Lipinski definition) is 2. The summed E-state index contributed by atoms with van der Waals surface area (Å²) in [6.45, 7) is 5.36. The number of piperazine rings is 1. The third kappa shape index (κ3) is 5.08. The molecule has 0 radical (unpaired) electrons. The van der Waals surface area contributed by atoms with Crippen LogP contribution in [0.5, 0.6) is 5.75 Å². The minimum absolute atomic E-state index is 0.324. The van der Waals surface area contributed by atoms with Crippen LogP contribution in [0.15, 0.2) is 54.9 Å². The van der Waals surface area contributed by atoms with Gasteiger partial charge in [0, 0.05) is 37.6 Å².